The average Bonchev–Trinajstić information content (AvgIpc) is 2.89. The monoisotopic (exact) mass is 488 g/mol. The van der Waals surface area contributed by atoms with E-state index in [4.69, 9.17) is 18.9 Å². The van der Waals surface area contributed by atoms with Crippen molar-refractivity contribution in [1.29, 1.82) is 0 Å². The van der Waals surface area contributed by atoms with E-state index in [2.05, 4.69) is 43.3 Å². The molecule has 5 nitrogen and oxygen atoms in total. The number of carbonyl (C=O) groups excluding carboxylic acids is 1. The van der Waals surface area contributed by atoms with Crippen LogP contribution in [0.1, 0.15) is 50.8 Å². The molecular formula is C31H36O5. The second-order valence-corrected chi connectivity index (χ2v) is 9.47. The summed E-state index contributed by atoms with van der Waals surface area (Å²) in [4.78, 5) is 12.3. The van der Waals surface area contributed by atoms with Gasteiger partial charge in [0.25, 0.3) is 0 Å². The van der Waals surface area contributed by atoms with Crippen LogP contribution >= 0.6 is 0 Å². The van der Waals surface area contributed by atoms with E-state index < -0.39 is 11.7 Å². The van der Waals surface area contributed by atoms with E-state index in [1.165, 1.54) is 11.1 Å². The van der Waals surface area contributed by atoms with Gasteiger partial charge in [-0.15, -0.1) is 0 Å². The molecule has 0 fully saturated rings. The Labute approximate surface area is 214 Å². The van der Waals surface area contributed by atoms with E-state index in [1.807, 2.05) is 63.2 Å². The van der Waals surface area contributed by atoms with Crippen molar-refractivity contribution < 1.29 is 23.7 Å². The molecule has 3 aromatic rings. The molecule has 190 valence electrons. The van der Waals surface area contributed by atoms with Crippen LogP contribution in [-0.2, 0) is 14.3 Å². The molecule has 0 heterocycles. The quantitative estimate of drug-likeness (QED) is 0.133. The summed E-state index contributed by atoms with van der Waals surface area (Å²) in [6.45, 7) is 7.99. The molecule has 0 N–H and O–H groups in total. The summed E-state index contributed by atoms with van der Waals surface area (Å²) in [5.74, 6) is 1.01. The smallest absolute Gasteiger partial charge is 0.316 e. The lowest BCUT2D eigenvalue weighted by atomic mass is 9.88. The molecule has 0 aliphatic rings. The van der Waals surface area contributed by atoms with Gasteiger partial charge in [0, 0.05) is 14.2 Å². The van der Waals surface area contributed by atoms with Crippen LogP contribution in [-0.4, -0.2) is 33.1 Å². The van der Waals surface area contributed by atoms with Gasteiger partial charge in [-0.25, -0.2) is 0 Å². The molecule has 0 aliphatic carbocycles. The van der Waals surface area contributed by atoms with Gasteiger partial charge in [0.15, 0.2) is 6.29 Å². The third-order valence-electron chi connectivity index (χ3n) is 5.80. The van der Waals surface area contributed by atoms with E-state index in [0.717, 1.165) is 28.9 Å². The predicted molar refractivity (Wildman–Crippen MR) is 144 cm³/mol. The van der Waals surface area contributed by atoms with Crippen molar-refractivity contribution in [1.82, 2.24) is 0 Å². The molecule has 0 bridgehead atoms. The van der Waals surface area contributed by atoms with E-state index in [9.17, 15) is 4.79 Å². The summed E-state index contributed by atoms with van der Waals surface area (Å²) in [7, 11) is 3.17. The molecule has 0 atom stereocenters. The van der Waals surface area contributed by atoms with Gasteiger partial charge in [-0.05, 0) is 79.3 Å². The Kier molecular flexibility index (Phi) is 9.45. The Hall–Kier alpha value is -3.41. The minimum Gasteiger partial charge on any atom is -0.488 e. The first kappa shape index (κ1) is 27.2. The second-order valence-electron chi connectivity index (χ2n) is 9.47. The number of methoxy groups -OCH3 is 2. The highest BCUT2D eigenvalue weighted by Gasteiger charge is 2.24. The van der Waals surface area contributed by atoms with Crippen molar-refractivity contribution in [2.45, 2.75) is 40.4 Å². The first-order valence-corrected chi connectivity index (χ1v) is 12.2. The number of rotatable bonds is 10. The molecule has 36 heavy (non-hydrogen) atoms. The van der Waals surface area contributed by atoms with Crippen LogP contribution in [0.4, 0.5) is 0 Å². The molecular weight excluding hydrogens is 452 g/mol. The number of hydrogen-bond donors (Lipinski definition) is 0. The van der Waals surface area contributed by atoms with Gasteiger partial charge in [-0.2, -0.15) is 0 Å². The highest BCUT2D eigenvalue weighted by molar-refractivity contribution is 5.98. The number of benzene rings is 3. The SMILES string of the molecule is CC/C(=C(/c1ccc(OCC(OC)OC)cc1)c1ccc(OC(=O)C(C)(C)C)cc1)c1ccccc1. The van der Waals surface area contributed by atoms with Crippen molar-refractivity contribution >= 4 is 17.1 Å². The van der Waals surface area contributed by atoms with Crippen LogP contribution in [0.15, 0.2) is 78.9 Å². The fourth-order valence-electron chi connectivity index (χ4n) is 3.74. The van der Waals surface area contributed by atoms with E-state index in [1.54, 1.807) is 14.2 Å². The van der Waals surface area contributed by atoms with Gasteiger partial charge in [0.05, 0.1) is 5.41 Å². The van der Waals surface area contributed by atoms with E-state index >= 15 is 0 Å². The standard InChI is InChI=1S/C31H36O5/c1-7-27(22-11-9-8-10-12-22)29(23-13-17-25(18-14-23)35-21-28(33-5)34-6)24-15-19-26(20-16-24)36-30(32)31(2,3)4/h8-20,28H,7,21H2,1-6H3/b29-27+. The number of hydrogen-bond acceptors (Lipinski definition) is 5. The molecule has 0 saturated heterocycles. The first-order valence-electron chi connectivity index (χ1n) is 12.2. The van der Waals surface area contributed by atoms with Crippen molar-refractivity contribution in [2.24, 2.45) is 5.41 Å². The fourth-order valence-corrected chi connectivity index (χ4v) is 3.74. The van der Waals surface area contributed by atoms with Crippen molar-refractivity contribution in [3.63, 3.8) is 0 Å². The lowest BCUT2D eigenvalue weighted by Gasteiger charge is -2.19. The predicted octanol–water partition coefficient (Wildman–Crippen LogP) is 7.00. The minimum absolute atomic E-state index is 0.260. The van der Waals surface area contributed by atoms with Gasteiger partial charge in [-0.3, -0.25) is 4.79 Å². The largest absolute Gasteiger partial charge is 0.488 e. The maximum atomic E-state index is 12.3. The molecule has 0 aliphatic heterocycles. The Morgan fingerprint density at radius 3 is 1.75 bits per heavy atom. The summed E-state index contributed by atoms with van der Waals surface area (Å²) >= 11 is 0. The molecule has 3 aromatic carbocycles. The molecule has 0 saturated carbocycles. The highest BCUT2D eigenvalue weighted by atomic mass is 16.7. The Morgan fingerprint density at radius 2 is 1.28 bits per heavy atom. The van der Waals surface area contributed by atoms with E-state index in [0.29, 0.717) is 12.4 Å². The topological polar surface area (TPSA) is 54.0 Å². The molecule has 5 heteroatoms. The van der Waals surface area contributed by atoms with Gasteiger partial charge >= 0.3 is 5.97 Å². The molecule has 0 unspecified atom stereocenters. The third-order valence-corrected chi connectivity index (χ3v) is 5.80. The van der Waals surface area contributed by atoms with Crippen LogP contribution in [0.3, 0.4) is 0 Å². The zero-order valence-corrected chi connectivity index (χ0v) is 22.0. The number of esters is 1. The molecule has 0 spiro atoms. The maximum absolute atomic E-state index is 12.3. The minimum atomic E-state index is -0.567. The third kappa shape index (κ3) is 7.06. The van der Waals surface area contributed by atoms with E-state index in [-0.39, 0.29) is 5.97 Å². The van der Waals surface area contributed by atoms with Crippen LogP contribution in [0.25, 0.3) is 11.1 Å². The number of ether oxygens (including phenoxy) is 4. The molecule has 0 amide bonds. The summed E-state index contributed by atoms with van der Waals surface area (Å²) in [6, 6.07) is 26.1. The van der Waals surface area contributed by atoms with Gasteiger partial charge in [0.2, 0.25) is 0 Å². The summed E-state index contributed by atoms with van der Waals surface area (Å²) in [5, 5.41) is 0. The second kappa shape index (κ2) is 12.5. The normalized spacial score (nSPS) is 12.3. The number of allylic oxidation sites excluding steroid dienone is 1. The average molecular weight is 489 g/mol. The number of carbonyl (C=O) groups is 1. The van der Waals surface area contributed by atoms with Crippen LogP contribution in [0.2, 0.25) is 0 Å². The van der Waals surface area contributed by atoms with Gasteiger partial charge < -0.3 is 18.9 Å². The summed E-state index contributed by atoms with van der Waals surface area (Å²) < 4.78 is 21.8. The van der Waals surface area contributed by atoms with Crippen molar-refractivity contribution in [3.05, 3.63) is 95.6 Å². The molecule has 0 aromatic heterocycles. The summed E-state index contributed by atoms with van der Waals surface area (Å²) in [5.41, 5.74) is 5.05. The Morgan fingerprint density at radius 1 is 0.750 bits per heavy atom. The van der Waals surface area contributed by atoms with Crippen LogP contribution < -0.4 is 9.47 Å². The van der Waals surface area contributed by atoms with Crippen LogP contribution in [0, 0.1) is 5.41 Å². The summed E-state index contributed by atoms with van der Waals surface area (Å²) in [6.07, 6.45) is 0.428. The fraction of sp³-hybridized carbons (Fsp3) is 0.323. The van der Waals surface area contributed by atoms with Crippen LogP contribution in [0.5, 0.6) is 11.5 Å². The Bertz CT molecular complexity index is 1140. The lowest BCUT2D eigenvalue weighted by molar-refractivity contribution is -0.143. The Balaban J connectivity index is 1.99. The molecule has 0 radical (unpaired) electrons. The molecule has 3 rings (SSSR count). The van der Waals surface area contributed by atoms with Crippen molar-refractivity contribution in [3.8, 4) is 11.5 Å². The van der Waals surface area contributed by atoms with Crippen molar-refractivity contribution in [2.75, 3.05) is 20.8 Å². The zero-order chi connectivity index (χ0) is 26.1. The zero-order valence-electron chi connectivity index (χ0n) is 22.0. The first-order chi connectivity index (χ1) is 17.3. The van der Waals surface area contributed by atoms with Gasteiger partial charge in [-0.1, -0.05) is 61.5 Å². The highest BCUT2D eigenvalue weighted by Crippen LogP contribution is 2.36. The van der Waals surface area contributed by atoms with Gasteiger partial charge in [0.1, 0.15) is 18.1 Å². The maximum Gasteiger partial charge on any atom is 0.316 e. The lowest BCUT2D eigenvalue weighted by Crippen LogP contribution is -2.25.